The number of benzene rings is 1. The van der Waals surface area contributed by atoms with Crippen molar-refractivity contribution in [3.8, 4) is 0 Å². The summed E-state index contributed by atoms with van der Waals surface area (Å²) >= 11 is 6.10. The van der Waals surface area contributed by atoms with E-state index >= 15 is 0 Å². The van der Waals surface area contributed by atoms with Crippen LogP contribution in [0.15, 0.2) is 24.3 Å². The predicted octanol–water partition coefficient (Wildman–Crippen LogP) is 3.73. The third kappa shape index (κ3) is 2.23. The molecular weight excluding hydrogens is 246 g/mol. The maximum absolute atomic E-state index is 6.10. The minimum atomic E-state index is 0.136. The molecule has 1 unspecified atom stereocenters. The Kier molecular flexibility index (Phi) is 3.62. The lowest BCUT2D eigenvalue weighted by Gasteiger charge is -2.17. The standard InChI is InChI=1S/C14H18ClN3/c1-4-12(11-7-5-9(2)6-8-11)18-14(16)13(15)10(3)17-18/h5-8,12H,4,16H2,1-3H3. The summed E-state index contributed by atoms with van der Waals surface area (Å²) in [5.74, 6) is 0.543. The van der Waals surface area contributed by atoms with Crippen LogP contribution in [-0.4, -0.2) is 9.78 Å². The van der Waals surface area contributed by atoms with Crippen LogP contribution in [0.4, 0.5) is 5.82 Å². The summed E-state index contributed by atoms with van der Waals surface area (Å²) in [5, 5.41) is 5.00. The summed E-state index contributed by atoms with van der Waals surface area (Å²) in [7, 11) is 0. The number of nitrogens with zero attached hydrogens (tertiary/aromatic N) is 2. The number of hydrogen-bond donors (Lipinski definition) is 1. The van der Waals surface area contributed by atoms with Crippen LogP contribution in [-0.2, 0) is 0 Å². The predicted molar refractivity (Wildman–Crippen MR) is 76.0 cm³/mol. The number of hydrogen-bond acceptors (Lipinski definition) is 2. The molecule has 1 atom stereocenters. The maximum Gasteiger partial charge on any atom is 0.141 e. The van der Waals surface area contributed by atoms with Gasteiger partial charge in [-0.15, -0.1) is 0 Å². The molecule has 0 radical (unpaired) electrons. The molecule has 3 nitrogen and oxygen atoms in total. The van der Waals surface area contributed by atoms with Crippen molar-refractivity contribution >= 4 is 17.4 Å². The summed E-state index contributed by atoms with van der Waals surface area (Å²) in [6, 6.07) is 8.58. The zero-order chi connectivity index (χ0) is 13.3. The van der Waals surface area contributed by atoms with E-state index in [2.05, 4.69) is 43.2 Å². The highest BCUT2D eigenvalue weighted by Gasteiger charge is 2.18. The normalized spacial score (nSPS) is 12.7. The van der Waals surface area contributed by atoms with Crippen molar-refractivity contribution in [2.24, 2.45) is 0 Å². The summed E-state index contributed by atoms with van der Waals surface area (Å²) in [5.41, 5.74) is 9.24. The zero-order valence-corrected chi connectivity index (χ0v) is 11.7. The quantitative estimate of drug-likeness (QED) is 0.917. The van der Waals surface area contributed by atoms with E-state index in [1.54, 1.807) is 0 Å². The average Bonchev–Trinajstić information content (AvgIpc) is 2.61. The molecular formula is C14H18ClN3. The molecule has 0 aliphatic carbocycles. The number of nitrogens with two attached hydrogens (primary N) is 1. The molecule has 0 spiro atoms. The minimum Gasteiger partial charge on any atom is -0.383 e. The Morgan fingerprint density at radius 3 is 2.33 bits per heavy atom. The lowest BCUT2D eigenvalue weighted by molar-refractivity contribution is 0.513. The number of aromatic nitrogens is 2. The van der Waals surface area contributed by atoms with E-state index in [0.29, 0.717) is 10.8 Å². The van der Waals surface area contributed by atoms with Gasteiger partial charge in [-0.1, -0.05) is 48.4 Å². The van der Waals surface area contributed by atoms with Crippen LogP contribution in [0.2, 0.25) is 5.02 Å². The Morgan fingerprint density at radius 1 is 1.28 bits per heavy atom. The first-order valence-electron chi connectivity index (χ1n) is 6.11. The van der Waals surface area contributed by atoms with Gasteiger partial charge in [0.15, 0.2) is 0 Å². The molecule has 0 amide bonds. The summed E-state index contributed by atoms with van der Waals surface area (Å²) in [6.45, 7) is 6.07. The third-order valence-electron chi connectivity index (χ3n) is 3.19. The highest BCUT2D eigenvalue weighted by Crippen LogP contribution is 2.30. The summed E-state index contributed by atoms with van der Waals surface area (Å²) in [4.78, 5) is 0. The van der Waals surface area contributed by atoms with Crippen molar-refractivity contribution in [1.82, 2.24) is 9.78 Å². The molecule has 96 valence electrons. The van der Waals surface area contributed by atoms with E-state index in [-0.39, 0.29) is 6.04 Å². The molecule has 1 heterocycles. The van der Waals surface area contributed by atoms with Crippen molar-refractivity contribution in [3.63, 3.8) is 0 Å². The van der Waals surface area contributed by atoms with Crippen LogP contribution in [0.1, 0.15) is 36.2 Å². The summed E-state index contributed by atoms with van der Waals surface area (Å²) < 4.78 is 1.82. The van der Waals surface area contributed by atoms with Gasteiger partial charge >= 0.3 is 0 Å². The first-order chi connectivity index (χ1) is 8.54. The lowest BCUT2D eigenvalue weighted by Crippen LogP contribution is -2.14. The molecule has 0 aliphatic heterocycles. The number of rotatable bonds is 3. The van der Waals surface area contributed by atoms with Gasteiger partial charge in [0, 0.05) is 0 Å². The molecule has 2 N–H and O–H groups in total. The molecule has 4 heteroatoms. The number of aryl methyl sites for hydroxylation is 2. The Morgan fingerprint density at radius 2 is 1.89 bits per heavy atom. The van der Waals surface area contributed by atoms with Crippen LogP contribution in [0.3, 0.4) is 0 Å². The van der Waals surface area contributed by atoms with Crippen molar-refractivity contribution in [2.45, 2.75) is 33.2 Å². The number of anilines is 1. The fourth-order valence-electron chi connectivity index (χ4n) is 2.12. The second-order valence-electron chi connectivity index (χ2n) is 4.56. The van der Waals surface area contributed by atoms with Gasteiger partial charge in [-0.25, -0.2) is 4.68 Å². The third-order valence-corrected chi connectivity index (χ3v) is 3.66. The molecule has 0 fully saturated rings. The second kappa shape index (κ2) is 5.02. The SMILES string of the molecule is CCC(c1ccc(C)cc1)n1nc(C)c(Cl)c1N. The minimum absolute atomic E-state index is 0.136. The Balaban J connectivity index is 2.45. The Bertz CT molecular complexity index is 543. The van der Waals surface area contributed by atoms with E-state index in [1.807, 2.05) is 11.6 Å². The maximum atomic E-state index is 6.10. The number of nitrogen functional groups attached to an aromatic ring is 1. The van der Waals surface area contributed by atoms with Gasteiger partial charge < -0.3 is 5.73 Å². The molecule has 0 saturated heterocycles. The smallest absolute Gasteiger partial charge is 0.141 e. The van der Waals surface area contributed by atoms with Gasteiger partial charge in [0.2, 0.25) is 0 Å². The van der Waals surface area contributed by atoms with Crippen LogP contribution in [0, 0.1) is 13.8 Å². The fraction of sp³-hybridized carbons (Fsp3) is 0.357. The first kappa shape index (κ1) is 13.0. The second-order valence-corrected chi connectivity index (χ2v) is 4.94. The van der Waals surface area contributed by atoms with Crippen LogP contribution < -0.4 is 5.73 Å². The van der Waals surface area contributed by atoms with Crippen LogP contribution in [0.5, 0.6) is 0 Å². The molecule has 0 bridgehead atoms. The van der Waals surface area contributed by atoms with Gasteiger partial charge in [-0.05, 0) is 25.8 Å². The highest BCUT2D eigenvalue weighted by molar-refractivity contribution is 6.33. The van der Waals surface area contributed by atoms with Crippen molar-refractivity contribution < 1.29 is 0 Å². The fourth-order valence-corrected chi connectivity index (χ4v) is 2.25. The van der Waals surface area contributed by atoms with Gasteiger partial charge in [0.1, 0.15) is 10.8 Å². The molecule has 1 aromatic carbocycles. The van der Waals surface area contributed by atoms with Gasteiger partial charge in [0.05, 0.1) is 11.7 Å². The first-order valence-corrected chi connectivity index (χ1v) is 6.49. The lowest BCUT2D eigenvalue weighted by atomic mass is 10.0. The molecule has 0 saturated carbocycles. The van der Waals surface area contributed by atoms with E-state index in [0.717, 1.165) is 12.1 Å². The summed E-state index contributed by atoms with van der Waals surface area (Å²) in [6.07, 6.45) is 0.921. The molecule has 1 aromatic heterocycles. The van der Waals surface area contributed by atoms with E-state index in [9.17, 15) is 0 Å². The molecule has 18 heavy (non-hydrogen) atoms. The molecule has 2 rings (SSSR count). The van der Waals surface area contributed by atoms with Gasteiger partial charge in [0.25, 0.3) is 0 Å². The van der Waals surface area contributed by atoms with Gasteiger partial charge in [-0.2, -0.15) is 5.10 Å². The van der Waals surface area contributed by atoms with Gasteiger partial charge in [-0.3, -0.25) is 0 Å². The Labute approximate surface area is 113 Å². The Hall–Kier alpha value is -1.48. The van der Waals surface area contributed by atoms with E-state index < -0.39 is 0 Å². The van der Waals surface area contributed by atoms with Crippen molar-refractivity contribution in [1.29, 1.82) is 0 Å². The van der Waals surface area contributed by atoms with Crippen LogP contribution in [0.25, 0.3) is 0 Å². The topological polar surface area (TPSA) is 43.8 Å². The highest BCUT2D eigenvalue weighted by atomic mass is 35.5. The average molecular weight is 264 g/mol. The van der Waals surface area contributed by atoms with Crippen molar-refractivity contribution in [3.05, 3.63) is 46.1 Å². The molecule has 0 aliphatic rings. The zero-order valence-electron chi connectivity index (χ0n) is 10.9. The number of halogens is 1. The van der Waals surface area contributed by atoms with E-state index in [1.165, 1.54) is 11.1 Å². The largest absolute Gasteiger partial charge is 0.383 e. The van der Waals surface area contributed by atoms with Crippen LogP contribution >= 0.6 is 11.6 Å². The van der Waals surface area contributed by atoms with Crippen molar-refractivity contribution in [2.75, 3.05) is 5.73 Å². The monoisotopic (exact) mass is 263 g/mol. The van der Waals surface area contributed by atoms with E-state index in [4.69, 9.17) is 17.3 Å². The molecule has 2 aromatic rings.